The van der Waals surface area contributed by atoms with Gasteiger partial charge in [-0.15, -0.1) is 0 Å². The number of fused-ring (bicyclic) bond motifs is 1. The summed E-state index contributed by atoms with van der Waals surface area (Å²) in [5, 5.41) is 17.6. The number of hydrogen-bond acceptors (Lipinski definition) is 4. The molecule has 2 aromatic carbocycles. The normalized spacial score (nSPS) is 12.3. The van der Waals surface area contributed by atoms with Crippen LogP contribution in [-0.2, 0) is 6.42 Å². The van der Waals surface area contributed by atoms with E-state index in [4.69, 9.17) is 9.84 Å². The van der Waals surface area contributed by atoms with Crippen molar-refractivity contribution in [1.82, 2.24) is 9.78 Å². The van der Waals surface area contributed by atoms with Crippen LogP contribution in [0.25, 0.3) is 16.9 Å². The highest BCUT2D eigenvalue weighted by Gasteiger charge is 2.24. The van der Waals surface area contributed by atoms with E-state index < -0.39 is 0 Å². The molecule has 0 fully saturated rings. The number of benzene rings is 2. The standard InChI is InChI=1S/C19H16N4O/c1-24-15-7-4-6-13(11-15)18-16-9-10-21-19(16)23(22-18)17-8-3-2-5-14(17)12-20/h2-8,11,21H,9-10H2,1H3. The minimum atomic E-state index is 0.605. The monoisotopic (exact) mass is 316 g/mol. The van der Waals surface area contributed by atoms with Crippen molar-refractivity contribution in [2.75, 3.05) is 19.0 Å². The van der Waals surface area contributed by atoms with Gasteiger partial charge in [0.2, 0.25) is 0 Å². The second-order valence-corrected chi connectivity index (χ2v) is 5.63. The Morgan fingerprint density at radius 1 is 1.21 bits per heavy atom. The molecular formula is C19H16N4O. The Hall–Kier alpha value is -3.26. The number of aromatic nitrogens is 2. The summed E-state index contributed by atoms with van der Waals surface area (Å²) in [4.78, 5) is 0. The summed E-state index contributed by atoms with van der Waals surface area (Å²) < 4.78 is 7.17. The Morgan fingerprint density at radius 2 is 2.08 bits per heavy atom. The molecule has 5 nitrogen and oxygen atoms in total. The fraction of sp³-hybridized carbons (Fsp3) is 0.158. The maximum Gasteiger partial charge on any atom is 0.133 e. The Balaban J connectivity index is 1.91. The van der Waals surface area contributed by atoms with Gasteiger partial charge in [-0.2, -0.15) is 10.4 Å². The molecule has 2 heterocycles. The first-order valence-electron chi connectivity index (χ1n) is 7.81. The van der Waals surface area contributed by atoms with E-state index in [2.05, 4.69) is 11.4 Å². The van der Waals surface area contributed by atoms with E-state index in [1.54, 1.807) is 7.11 Å². The molecule has 24 heavy (non-hydrogen) atoms. The SMILES string of the molecule is COc1cccc(-c2nn(-c3ccccc3C#N)c3c2CCN3)c1. The number of ether oxygens (including phenoxy) is 1. The van der Waals surface area contributed by atoms with Gasteiger partial charge in [-0.1, -0.05) is 24.3 Å². The first kappa shape index (κ1) is 14.3. The summed E-state index contributed by atoms with van der Waals surface area (Å²) >= 11 is 0. The Morgan fingerprint density at radius 3 is 2.92 bits per heavy atom. The Bertz CT molecular complexity index is 952. The van der Waals surface area contributed by atoms with Crippen LogP contribution in [0.1, 0.15) is 11.1 Å². The molecule has 1 aromatic heterocycles. The topological polar surface area (TPSA) is 62.9 Å². The first-order chi connectivity index (χ1) is 11.8. The number of methoxy groups -OCH3 is 1. The molecule has 118 valence electrons. The third kappa shape index (κ3) is 2.20. The third-order valence-corrected chi connectivity index (χ3v) is 4.25. The highest BCUT2D eigenvalue weighted by molar-refractivity contribution is 5.74. The summed E-state index contributed by atoms with van der Waals surface area (Å²) in [6.45, 7) is 0.874. The van der Waals surface area contributed by atoms with Gasteiger partial charge in [-0.05, 0) is 30.7 Å². The van der Waals surface area contributed by atoms with E-state index in [0.29, 0.717) is 5.56 Å². The van der Waals surface area contributed by atoms with Crippen LogP contribution in [0.15, 0.2) is 48.5 Å². The fourth-order valence-corrected chi connectivity index (χ4v) is 3.10. The molecule has 3 aromatic rings. The molecule has 0 atom stereocenters. The van der Waals surface area contributed by atoms with Crippen molar-refractivity contribution in [2.45, 2.75) is 6.42 Å². The smallest absolute Gasteiger partial charge is 0.133 e. The number of rotatable bonds is 3. The fourth-order valence-electron chi connectivity index (χ4n) is 3.10. The van der Waals surface area contributed by atoms with Crippen LogP contribution in [0.2, 0.25) is 0 Å². The maximum absolute atomic E-state index is 9.39. The number of nitrogens with zero attached hydrogens (tertiary/aromatic N) is 3. The van der Waals surface area contributed by atoms with E-state index in [9.17, 15) is 5.26 Å². The van der Waals surface area contributed by atoms with Crippen molar-refractivity contribution >= 4 is 5.82 Å². The minimum absolute atomic E-state index is 0.605. The molecule has 0 radical (unpaired) electrons. The summed E-state index contributed by atoms with van der Waals surface area (Å²) in [6, 6.07) is 17.7. The zero-order valence-electron chi connectivity index (χ0n) is 13.3. The molecule has 1 N–H and O–H groups in total. The highest BCUT2D eigenvalue weighted by atomic mass is 16.5. The predicted molar refractivity (Wildman–Crippen MR) is 92.5 cm³/mol. The lowest BCUT2D eigenvalue weighted by Gasteiger charge is -2.08. The number of nitrogens with one attached hydrogen (secondary N) is 1. The van der Waals surface area contributed by atoms with Crippen molar-refractivity contribution in [2.24, 2.45) is 0 Å². The predicted octanol–water partition coefficient (Wildman–Crippen LogP) is 3.39. The number of anilines is 1. The van der Waals surface area contributed by atoms with Gasteiger partial charge in [-0.25, -0.2) is 4.68 Å². The van der Waals surface area contributed by atoms with E-state index >= 15 is 0 Å². The summed E-state index contributed by atoms with van der Waals surface area (Å²) in [5.74, 6) is 1.77. The lowest BCUT2D eigenvalue weighted by atomic mass is 10.1. The first-order valence-corrected chi connectivity index (χ1v) is 7.81. The molecule has 4 rings (SSSR count). The van der Waals surface area contributed by atoms with Crippen molar-refractivity contribution in [1.29, 1.82) is 5.26 Å². The van der Waals surface area contributed by atoms with Gasteiger partial charge in [0.1, 0.15) is 17.6 Å². The highest BCUT2D eigenvalue weighted by Crippen LogP contribution is 2.36. The maximum atomic E-state index is 9.39. The van der Waals surface area contributed by atoms with Gasteiger partial charge in [-0.3, -0.25) is 0 Å². The third-order valence-electron chi connectivity index (χ3n) is 4.25. The van der Waals surface area contributed by atoms with Crippen molar-refractivity contribution < 1.29 is 4.74 Å². The lowest BCUT2D eigenvalue weighted by molar-refractivity contribution is 0.415. The number of para-hydroxylation sites is 1. The molecule has 5 heteroatoms. The summed E-state index contributed by atoms with van der Waals surface area (Å²) in [6.07, 6.45) is 0.913. The van der Waals surface area contributed by atoms with Crippen LogP contribution in [0.3, 0.4) is 0 Å². The molecule has 1 aliphatic heterocycles. The average molecular weight is 316 g/mol. The molecule has 0 spiro atoms. The van der Waals surface area contributed by atoms with Gasteiger partial charge in [0, 0.05) is 17.7 Å². The van der Waals surface area contributed by atoms with E-state index in [0.717, 1.165) is 41.5 Å². The largest absolute Gasteiger partial charge is 0.497 e. The van der Waals surface area contributed by atoms with Crippen LogP contribution in [0.4, 0.5) is 5.82 Å². The molecule has 0 amide bonds. The second-order valence-electron chi connectivity index (χ2n) is 5.63. The second kappa shape index (κ2) is 5.74. The van der Waals surface area contributed by atoms with Gasteiger partial charge in [0.25, 0.3) is 0 Å². The quantitative estimate of drug-likeness (QED) is 0.804. The molecule has 0 unspecified atom stereocenters. The molecule has 0 bridgehead atoms. The summed E-state index contributed by atoms with van der Waals surface area (Å²) in [5.41, 5.74) is 4.52. The number of nitriles is 1. The Kier molecular flexibility index (Phi) is 3.43. The average Bonchev–Trinajstić information content (AvgIpc) is 3.24. The van der Waals surface area contributed by atoms with Crippen LogP contribution in [0, 0.1) is 11.3 Å². The van der Waals surface area contributed by atoms with Gasteiger partial charge in [0.15, 0.2) is 0 Å². The van der Waals surface area contributed by atoms with Crippen molar-refractivity contribution in [3.05, 3.63) is 59.7 Å². The molecule has 1 aliphatic rings. The van der Waals surface area contributed by atoms with Crippen LogP contribution in [0.5, 0.6) is 5.75 Å². The zero-order chi connectivity index (χ0) is 16.5. The number of hydrogen-bond donors (Lipinski definition) is 1. The van der Waals surface area contributed by atoms with Gasteiger partial charge >= 0.3 is 0 Å². The molecule has 0 aliphatic carbocycles. The van der Waals surface area contributed by atoms with Crippen LogP contribution in [-0.4, -0.2) is 23.4 Å². The summed E-state index contributed by atoms with van der Waals surface area (Å²) in [7, 11) is 1.66. The van der Waals surface area contributed by atoms with Crippen LogP contribution >= 0.6 is 0 Å². The van der Waals surface area contributed by atoms with Gasteiger partial charge < -0.3 is 10.1 Å². The van der Waals surface area contributed by atoms with E-state index in [1.807, 2.05) is 53.2 Å². The Labute approximate surface area is 140 Å². The van der Waals surface area contributed by atoms with E-state index in [1.165, 1.54) is 5.56 Å². The molecular weight excluding hydrogens is 300 g/mol. The molecule has 0 saturated carbocycles. The van der Waals surface area contributed by atoms with Crippen molar-refractivity contribution in [3.63, 3.8) is 0 Å². The zero-order valence-corrected chi connectivity index (χ0v) is 13.3. The van der Waals surface area contributed by atoms with E-state index in [-0.39, 0.29) is 0 Å². The minimum Gasteiger partial charge on any atom is -0.497 e. The molecule has 0 saturated heterocycles. The van der Waals surface area contributed by atoms with Crippen LogP contribution < -0.4 is 10.1 Å². The van der Waals surface area contributed by atoms with Crippen molar-refractivity contribution in [3.8, 4) is 28.8 Å². The lowest BCUT2D eigenvalue weighted by Crippen LogP contribution is -2.05. The van der Waals surface area contributed by atoms with Gasteiger partial charge in [0.05, 0.1) is 24.1 Å².